The van der Waals surface area contributed by atoms with Gasteiger partial charge in [-0.3, -0.25) is 14.5 Å². The predicted octanol–water partition coefficient (Wildman–Crippen LogP) is 3.71. The van der Waals surface area contributed by atoms with E-state index in [0.717, 1.165) is 43.6 Å². The topological polar surface area (TPSA) is 43.9 Å². The average Bonchev–Trinajstić information content (AvgIpc) is 3.28. The standard InChI is InChI=1S/C25H37N3O2/c1-19-8-7-12-22(18-19)24(29)27-16-14-26(15-17-27)23(21-10-3-4-11-21)25(30)28-13-6-5-9-20(28)2/h7-8,12,18,20-21,23H,3-6,9-11,13-17H2,1-2H3. The molecule has 1 aromatic rings. The molecule has 1 saturated carbocycles. The molecule has 4 rings (SSSR count). The summed E-state index contributed by atoms with van der Waals surface area (Å²) >= 11 is 0. The van der Waals surface area contributed by atoms with Crippen LogP contribution in [-0.4, -0.2) is 71.3 Å². The molecule has 0 bridgehead atoms. The van der Waals surface area contributed by atoms with Crippen molar-refractivity contribution in [3.63, 3.8) is 0 Å². The van der Waals surface area contributed by atoms with Crippen molar-refractivity contribution in [3.8, 4) is 0 Å². The lowest BCUT2D eigenvalue weighted by Crippen LogP contribution is -2.60. The number of carbonyl (C=O) groups excluding carboxylic acids is 2. The summed E-state index contributed by atoms with van der Waals surface area (Å²) in [5.74, 6) is 0.949. The Morgan fingerprint density at radius 2 is 1.63 bits per heavy atom. The van der Waals surface area contributed by atoms with Crippen LogP contribution in [-0.2, 0) is 4.79 Å². The Morgan fingerprint density at radius 1 is 0.933 bits per heavy atom. The van der Waals surface area contributed by atoms with Crippen molar-refractivity contribution in [1.29, 1.82) is 0 Å². The van der Waals surface area contributed by atoms with E-state index in [1.165, 1.54) is 32.1 Å². The summed E-state index contributed by atoms with van der Waals surface area (Å²) in [6.45, 7) is 8.15. The third-order valence-electron chi connectivity index (χ3n) is 7.45. The molecule has 1 aliphatic carbocycles. The average molecular weight is 412 g/mol. The van der Waals surface area contributed by atoms with E-state index in [2.05, 4.69) is 16.7 Å². The molecule has 2 atom stereocenters. The monoisotopic (exact) mass is 411 g/mol. The van der Waals surface area contributed by atoms with Gasteiger partial charge in [-0.2, -0.15) is 0 Å². The molecule has 0 N–H and O–H groups in total. The van der Waals surface area contributed by atoms with E-state index in [1.807, 2.05) is 36.1 Å². The van der Waals surface area contributed by atoms with Gasteiger partial charge in [-0.25, -0.2) is 0 Å². The highest BCUT2D eigenvalue weighted by Crippen LogP contribution is 2.33. The first-order valence-electron chi connectivity index (χ1n) is 11.9. The maximum Gasteiger partial charge on any atom is 0.253 e. The van der Waals surface area contributed by atoms with E-state index in [0.29, 0.717) is 31.0 Å². The first-order chi connectivity index (χ1) is 14.5. The van der Waals surface area contributed by atoms with E-state index in [1.54, 1.807) is 0 Å². The van der Waals surface area contributed by atoms with Gasteiger partial charge in [0.05, 0.1) is 6.04 Å². The van der Waals surface area contributed by atoms with Crippen LogP contribution in [0.2, 0.25) is 0 Å². The van der Waals surface area contributed by atoms with E-state index in [-0.39, 0.29) is 11.9 Å². The molecule has 5 nitrogen and oxygen atoms in total. The molecule has 3 fully saturated rings. The third kappa shape index (κ3) is 4.56. The second kappa shape index (κ2) is 9.51. The second-order valence-electron chi connectivity index (χ2n) is 9.56. The minimum absolute atomic E-state index is 0.00396. The van der Waals surface area contributed by atoms with Gasteiger partial charge in [0.2, 0.25) is 5.91 Å². The van der Waals surface area contributed by atoms with Gasteiger partial charge < -0.3 is 9.80 Å². The van der Waals surface area contributed by atoms with Gasteiger partial charge >= 0.3 is 0 Å². The van der Waals surface area contributed by atoms with Crippen molar-refractivity contribution in [1.82, 2.24) is 14.7 Å². The van der Waals surface area contributed by atoms with Crippen LogP contribution in [0.5, 0.6) is 0 Å². The van der Waals surface area contributed by atoms with E-state index in [4.69, 9.17) is 0 Å². The molecule has 2 saturated heterocycles. The van der Waals surface area contributed by atoms with E-state index < -0.39 is 0 Å². The van der Waals surface area contributed by atoms with Crippen LogP contribution in [0.4, 0.5) is 0 Å². The zero-order valence-electron chi connectivity index (χ0n) is 18.7. The highest BCUT2D eigenvalue weighted by molar-refractivity contribution is 5.94. The molecule has 1 aromatic carbocycles. The molecule has 30 heavy (non-hydrogen) atoms. The van der Waals surface area contributed by atoms with Gasteiger partial charge in [0.15, 0.2) is 0 Å². The molecule has 2 amide bonds. The molecule has 3 aliphatic rings. The summed E-state index contributed by atoms with van der Waals surface area (Å²) in [4.78, 5) is 33.1. The summed E-state index contributed by atoms with van der Waals surface area (Å²) < 4.78 is 0. The number of rotatable bonds is 4. The number of nitrogens with zero attached hydrogens (tertiary/aromatic N) is 3. The maximum atomic E-state index is 13.7. The summed E-state index contributed by atoms with van der Waals surface area (Å²) in [6.07, 6.45) is 8.32. The first-order valence-corrected chi connectivity index (χ1v) is 11.9. The number of aryl methyl sites for hydroxylation is 1. The van der Waals surface area contributed by atoms with Crippen LogP contribution in [0, 0.1) is 12.8 Å². The van der Waals surface area contributed by atoms with E-state index in [9.17, 15) is 9.59 Å². The van der Waals surface area contributed by atoms with Gasteiger partial charge in [-0.1, -0.05) is 30.5 Å². The number of carbonyl (C=O) groups is 2. The summed E-state index contributed by atoms with van der Waals surface area (Å²) in [6, 6.07) is 8.21. The number of amides is 2. The summed E-state index contributed by atoms with van der Waals surface area (Å²) in [5, 5.41) is 0. The van der Waals surface area contributed by atoms with Crippen molar-refractivity contribution >= 4 is 11.8 Å². The quantitative estimate of drug-likeness (QED) is 0.759. The van der Waals surface area contributed by atoms with Gasteiger partial charge in [0.25, 0.3) is 5.91 Å². The lowest BCUT2D eigenvalue weighted by atomic mass is 9.92. The van der Waals surface area contributed by atoms with E-state index >= 15 is 0 Å². The zero-order chi connectivity index (χ0) is 21.1. The molecule has 0 radical (unpaired) electrons. The van der Waals surface area contributed by atoms with Crippen molar-refractivity contribution in [2.45, 2.75) is 70.9 Å². The summed E-state index contributed by atoms with van der Waals surface area (Å²) in [5.41, 5.74) is 1.89. The Morgan fingerprint density at radius 3 is 2.30 bits per heavy atom. The minimum atomic E-state index is 0.00396. The van der Waals surface area contributed by atoms with Crippen molar-refractivity contribution in [2.75, 3.05) is 32.7 Å². The third-order valence-corrected chi connectivity index (χ3v) is 7.45. The Hall–Kier alpha value is -1.88. The Labute approximate surface area is 181 Å². The van der Waals surface area contributed by atoms with Gasteiger partial charge in [0.1, 0.15) is 0 Å². The second-order valence-corrected chi connectivity index (χ2v) is 9.56. The molecular formula is C25H37N3O2. The van der Waals surface area contributed by atoms with Crippen LogP contribution in [0.1, 0.15) is 67.8 Å². The van der Waals surface area contributed by atoms with Crippen molar-refractivity contribution < 1.29 is 9.59 Å². The van der Waals surface area contributed by atoms with Crippen LogP contribution >= 0.6 is 0 Å². The molecule has 2 aliphatic heterocycles. The van der Waals surface area contributed by atoms with Gasteiger partial charge in [-0.05, 0) is 64.0 Å². The lowest BCUT2D eigenvalue weighted by Gasteiger charge is -2.44. The largest absolute Gasteiger partial charge is 0.339 e. The Balaban J connectivity index is 1.44. The zero-order valence-corrected chi connectivity index (χ0v) is 18.7. The molecule has 0 aromatic heterocycles. The number of likely N-dealkylation sites (tertiary alicyclic amines) is 1. The van der Waals surface area contributed by atoms with Crippen LogP contribution in [0.25, 0.3) is 0 Å². The fourth-order valence-electron chi connectivity index (χ4n) is 5.69. The smallest absolute Gasteiger partial charge is 0.253 e. The predicted molar refractivity (Wildman–Crippen MR) is 119 cm³/mol. The fourth-order valence-corrected chi connectivity index (χ4v) is 5.69. The molecular weight excluding hydrogens is 374 g/mol. The number of piperazine rings is 1. The van der Waals surface area contributed by atoms with Gasteiger partial charge in [-0.15, -0.1) is 0 Å². The van der Waals surface area contributed by atoms with Gasteiger partial charge in [0, 0.05) is 44.3 Å². The number of benzene rings is 1. The molecule has 2 unspecified atom stereocenters. The molecule has 5 heteroatoms. The molecule has 164 valence electrons. The minimum Gasteiger partial charge on any atom is -0.339 e. The Kier molecular flexibility index (Phi) is 6.77. The molecule has 2 heterocycles. The highest BCUT2D eigenvalue weighted by atomic mass is 16.2. The Bertz CT molecular complexity index is 751. The normalized spacial score (nSPS) is 24.8. The number of piperidine rings is 1. The van der Waals surface area contributed by atoms with Crippen LogP contribution in [0.3, 0.4) is 0 Å². The number of hydrogen-bond acceptors (Lipinski definition) is 3. The van der Waals surface area contributed by atoms with Crippen molar-refractivity contribution in [3.05, 3.63) is 35.4 Å². The fraction of sp³-hybridized carbons (Fsp3) is 0.680. The SMILES string of the molecule is Cc1cccc(C(=O)N2CCN(C(C(=O)N3CCCCC3C)C3CCCC3)CC2)c1. The highest BCUT2D eigenvalue weighted by Gasteiger charge is 2.40. The lowest BCUT2D eigenvalue weighted by molar-refractivity contribution is -0.143. The number of hydrogen-bond donors (Lipinski definition) is 0. The molecule has 0 spiro atoms. The van der Waals surface area contributed by atoms with Crippen molar-refractivity contribution in [2.24, 2.45) is 5.92 Å². The first kappa shape index (κ1) is 21.4. The van der Waals surface area contributed by atoms with Crippen LogP contribution in [0.15, 0.2) is 24.3 Å². The summed E-state index contributed by atoms with van der Waals surface area (Å²) in [7, 11) is 0. The maximum absolute atomic E-state index is 13.7. The van der Waals surface area contributed by atoms with Crippen LogP contribution < -0.4 is 0 Å².